The number of non-ortho nitro benzene ring substituents is 1. The maximum absolute atomic E-state index is 12.2. The molecule has 138 valence electrons. The average Bonchev–Trinajstić information content (AvgIpc) is 3.01. The van der Waals surface area contributed by atoms with Crippen LogP contribution >= 0.6 is 23.4 Å². The average molecular weight is 404 g/mol. The Labute approximate surface area is 163 Å². The van der Waals surface area contributed by atoms with E-state index in [4.69, 9.17) is 11.6 Å². The van der Waals surface area contributed by atoms with Gasteiger partial charge in [-0.15, -0.1) is 10.2 Å². The van der Waals surface area contributed by atoms with Gasteiger partial charge in [0, 0.05) is 22.8 Å². The van der Waals surface area contributed by atoms with E-state index < -0.39 is 4.92 Å². The van der Waals surface area contributed by atoms with Gasteiger partial charge in [-0.1, -0.05) is 29.4 Å². The third kappa shape index (κ3) is 4.63. The first-order chi connectivity index (χ1) is 12.9. The zero-order chi connectivity index (χ0) is 19.4. The predicted molar refractivity (Wildman–Crippen MR) is 104 cm³/mol. The second-order valence-corrected chi connectivity index (χ2v) is 6.86. The number of aromatic nitrogens is 3. The monoisotopic (exact) mass is 403 g/mol. The molecule has 0 atom stereocenters. The fourth-order valence-corrected chi connectivity index (χ4v) is 3.32. The zero-order valence-electron chi connectivity index (χ0n) is 14.1. The van der Waals surface area contributed by atoms with Crippen LogP contribution in [0.15, 0.2) is 53.7 Å². The minimum atomic E-state index is -0.494. The van der Waals surface area contributed by atoms with Crippen LogP contribution in [-0.2, 0) is 4.79 Å². The van der Waals surface area contributed by atoms with Gasteiger partial charge in [0.05, 0.1) is 16.4 Å². The fourth-order valence-electron chi connectivity index (χ4n) is 2.34. The standard InChI is InChI=1S/C17H14ClN5O3S/c1-11-20-21-17(22(11)15-4-2-3-12(18)9-15)27-10-16(24)19-13-5-7-14(8-6-13)23(25)26/h2-9H,10H2,1H3,(H,19,24). The van der Waals surface area contributed by atoms with E-state index >= 15 is 0 Å². The lowest BCUT2D eigenvalue weighted by Crippen LogP contribution is -2.14. The fraction of sp³-hybridized carbons (Fsp3) is 0.118. The summed E-state index contributed by atoms with van der Waals surface area (Å²) in [6.07, 6.45) is 0. The van der Waals surface area contributed by atoms with Crippen LogP contribution in [0.1, 0.15) is 5.82 Å². The van der Waals surface area contributed by atoms with E-state index in [1.807, 2.05) is 23.6 Å². The number of nitrogens with one attached hydrogen (secondary N) is 1. The predicted octanol–water partition coefficient (Wildman–Crippen LogP) is 3.87. The minimum absolute atomic E-state index is 0.0347. The molecular weight excluding hydrogens is 390 g/mol. The van der Waals surface area contributed by atoms with E-state index in [1.54, 1.807) is 12.1 Å². The Morgan fingerprint density at radius 2 is 2.00 bits per heavy atom. The number of rotatable bonds is 6. The summed E-state index contributed by atoms with van der Waals surface area (Å²) in [4.78, 5) is 22.3. The van der Waals surface area contributed by atoms with E-state index in [-0.39, 0.29) is 17.3 Å². The van der Waals surface area contributed by atoms with Crippen LogP contribution in [0.3, 0.4) is 0 Å². The molecule has 0 aliphatic carbocycles. The molecule has 10 heteroatoms. The smallest absolute Gasteiger partial charge is 0.269 e. The zero-order valence-corrected chi connectivity index (χ0v) is 15.7. The molecule has 0 radical (unpaired) electrons. The van der Waals surface area contributed by atoms with Crippen molar-refractivity contribution in [3.05, 3.63) is 69.5 Å². The molecule has 0 unspecified atom stereocenters. The number of nitro groups is 1. The number of anilines is 1. The van der Waals surface area contributed by atoms with E-state index in [2.05, 4.69) is 15.5 Å². The van der Waals surface area contributed by atoms with Gasteiger partial charge in [0.1, 0.15) is 5.82 Å². The summed E-state index contributed by atoms with van der Waals surface area (Å²) in [5.74, 6) is 0.526. The van der Waals surface area contributed by atoms with Gasteiger partial charge in [-0.2, -0.15) is 0 Å². The van der Waals surface area contributed by atoms with Crippen molar-refractivity contribution in [2.24, 2.45) is 0 Å². The van der Waals surface area contributed by atoms with Gasteiger partial charge >= 0.3 is 0 Å². The highest BCUT2D eigenvalue weighted by atomic mass is 35.5. The molecule has 3 rings (SSSR count). The summed E-state index contributed by atoms with van der Waals surface area (Å²) >= 11 is 7.28. The number of nitro benzene ring substituents is 1. The topological polar surface area (TPSA) is 103 Å². The number of benzene rings is 2. The van der Waals surface area contributed by atoms with Crippen molar-refractivity contribution in [1.82, 2.24) is 14.8 Å². The second kappa shape index (κ2) is 8.19. The number of hydrogen-bond acceptors (Lipinski definition) is 6. The van der Waals surface area contributed by atoms with Crippen molar-refractivity contribution in [1.29, 1.82) is 0 Å². The van der Waals surface area contributed by atoms with Crippen LogP contribution in [0.4, 0.5) is 11.4 Å². The number of hydrogen-bond donors (Lipinski definition) is 1. The van der Waals surface area contributed by atoms with Crippen LogP contribution in [0.25, 0.3) is 5.69 Å². The number of nitrogens with zero attached hydrogens (tertiary/aromatic N) is 4. The van der Waals surface area contributed by atoms with Crippen LogP contribution in [0.2, 0.25) is 5.02 Å². The molecule has 0 aliphatic heterocycles. The molecule has 3 aromatic rings. The van der Waals surface area contributed by atoms with Gasteiger partial charge in [-0.05, 0) is 37.3 Å². The molecule has 0 saturated carbocycles. The minimum Gasteiger partial charge on any atom is -0.325 e. The Bertz CT molecular complexity index is 990. The number of aryl methyl sites for hydroxylation is 1. The molecule has 0 aliphatic rings. The quantitative estimate of drug-likeness (QED) is 0.380. The molecule has 2 aromatic carbocycles. The summed E-state index contributed by atoms with van der Waals surface area (Å²) in [7, 11) is 0. The second-order valence-electron chi connectivity index (χ2n) is 5.49. The molecule has 0 saturated heterocycles. The molecule has 1 heterocycles. The molecule has 27 heavy (non-hydrogen) atoms. The van der Waals surface area contributed by atoms with Crippen molar-refractivity contribution < 1.29 is 9.72 Å². The Balaban J connectivity index is 1.67. The van der Waals surface area contributed by atoms with Crippen LogP contribution in [-0.4, -0.2) is 31.3 Å². The van der Waals surface area contributed by atoms with Crippen molar-refractivity contribution in [3.8, 4) is 5.69 Å². The molecule has 1 amide bonds. The highest BCUT2D eigenvalue weighted by Gasteiger charge is 2.14. The lowest BCUT2D eigenvalue weighted by Gasteiger charge is -2.09. The van der Waals surface area contributed by atoms with Crippen molar-refractivity contribution in [2.75, 3.05) is 11.1 Å². The van der Waals surface area contributed by atoms with Gasteiger partial charge in [-0.3, -0.25) is 19.5 Å². The molecule has 0 bridgehead atoms. The van der Waals surface area contributed by atoms with Crippen molar-refractivity contribution in [3.63, 3.8) is 0 Å². The van der Waals surface area contributed by atoms with Crippen LogP contribution < -0.4 is 5.32 Å². The molecule has 8 nitrogen and oxygen atoms in total. The van der Waals surface area contributed by atoms with Gasteiger partial charge < -0.3 is 5.32 Å². The lowest BCUT2D eigenvalue weighted by atomic mass is 10.3. The highest BCUT2D eigenvalue weighted by molar-refractivity contribution is 7.99. The number of thioether (sulfide) groups is 1. The Morgan fingerprint density at radius 1 is 1.26 bits per heavy atom. The first kappa shape index (κ1) is 18.9. The van der Waals surface area contributed by atoms with Gasteiger partial charge in [-0.25, -0.2) is 0 Å². The summed E-state index contributed by atoms with van der Waals surface area (Å²) < 4.78 is 1.82. The Hall–Kier alpha value is -2.91. The third-order valence-electron chi connectivity index (χ3n) is 3.56. The van der Waals surface area contributed by atoms with Gasteiger partial charge in [0.25, 0.3) is 5.69 Å². The van der Waals surface area contributed by atoms with Gasteiger partial charge in [0.2, 0.25) is 5.91 Å². The number of carbonyl (C=O) groups is 1. The Kier molecular flexibility index (Phi) is 5.72. The maximum atomic E-state index is 12.2. The normalized spacial score (nSPS) is 10.6. The van der Waals surface area contributed by atoms with Crippen molar-refractivity contribution in [2.45, 2.75) is 12.1 Å². The summed E-state index contributed by atoms with van der Waals surface area (Å²) in [5.41, 5.74) is 1.26. The van der Waals surface area contributed by atoms with E-state index in [0.717, 1.165) is 5.69 Å². The molecule has 1 aromatic heterocycles. The highest BCUT2D eigenvalue weighted by Crippen LogP contribution is 2.24. The largest absolute Gasteiger partial charge is 0.325 e. The van der Waals surface area contributed by atoms with Crippen molar-refractivity contribution >= 4 is 40.6 Å². The third-order valence-corrected chi connectivity index (χ3v) is 4.72. The van der Waals surface area contributed by atoms with Crippen LogP contribution in [0.5, 0.6) is 0 Å². The number of amides is 1. The summed E-state index contributed by atoms with van der Waals surface area (Å²) in [6.45, 7) is 1.81. The Morgan fingerprint density at radius 3 is 2.67 bits per heavy atom. The lowest BCUT2D eigenvalue weighted by molar-refractivity contribution is -0.384. The first-order valence-electron chi connectivity index (χ1n) is 7.79. The molecular formula is C17H14ClN5O3S. The summed E-state index contributed by atoms with van der Waals surface area (Å²) in [5, 5.41) is 22.7. The first-order valence-corrected chi connectivity index (χ1v) is 9.15. The molecule has 0 spiro atoms. The SMILES string of the molecule is Cc1nnc(SCC(=O)Nc2ccc([N+](=O)[O-])cc2)n1-c1cccc(Cl)c1. The van der Waals surface area contributed by atoms with Gasteiger partial charge in [0.15, 0.2) is 5.16 Å². The van der Waals surface area contributed by atoms with E-state index in [9.17, 15) is 14.9 Å². The molecule has 0 fully saturated rings. The maximum Gasteiger partial charge on any atom is 0.269 e. The van der Waals surface area contributed by atoms with Crippen LogP contribution in [0, 0.1) is 17.0 Å². The number of carbonyl (C=O) groups excluding carboxylic acids is 1. The van der Waals surface area contributed by atoms with E-state index in [0.29, 0.717) is 21.7 Å². The number of halogens is 1. The summed E-state index contributed by atoms with van der Waals surface area (Å²) in [6, 6.07) is 12.9. The molecule has 1 N–H and O–H groups in total. The van der Waals surface area contributed by atoms with E-state index in [1.165, 1.54) is 36.0 Å².